The topological polar surface area (TPSA) is 74.3 Å². The number of aromatic nitrogens is 3. The van der Waals surface area contributed by atoms with Crippen LogP contribution in [0, 0.1) is 5.82 Å². The number of rotatable bonds is 5. The fourth-order valence-electron chi connectivity index (χ4n) is 3.52. The van der Waals surface area contributed by atoms with Gasteiger partial charge in [0.2, 0.25) is 0 Å². The molecule has 1 saturated heterocycles. The van der Waals surface area contributed by atoms with Crippen molar-refractivity contribution in [2.75, 3.05) is 18.6 Å². The van der Waals surface area contributed by atoms with Gasteiger partial charge in [-0.25, -0.2) is 14.2 Å². The van der Waals surface area contributed by atoms with E-state index in [-0.39, 0.29) is 11.8 Å². The summed E-state index contributed by atoms with van der Waals surface area (Å²) in [6.07, 6.45) is 5.24. The van der Waals surface area contributed by atoms with Crippen LogP contribution in [0.3, 0.4) is 0 Å². The molecule has 29 heavy (non-hydrogen) atoms. The van der Waals surface area contributed by atoms with Crippen LogP contribution in [0.4, 0.5) is 15.0 Å². The van der Waals surface area contributed by atoms with Crippen molar-refractivity contribution < 1.29 is 13.9 Å². The van der Waals surface area contributed by atoms with Gasteiger partial charge in [0.05, 0.1) is 25.4 Å². The first-order chi connectivity index (χ1) is 13.9. The minimum atomic E-state index is -0.424. The second kappa shape index (κ2) is 7.20. The van der Waals surface area contributed by atoms with Gasteiger partial charge in [-0.15, -0.1) is 0 Å². The molecule has 0 bridgehead atoms. The molecule has 3 heterocycles. The summed E-state index contributed by atoms with van der Waals surface area (Å²) in [6, 6.07) is 8.26. The van der Waals surface area contributed by atoms with Crippen LogP contribution >= 0.6 is 0 Å². The quantitative estimate of drug-likeness (QED) is 0.712. The number of urea groups is 1. The maximum absolute atomic E-state index is 13.7. The van der Waals surface area contributed by atoms with E-state index < -0.39 is 11.4 Å². The third-order valence-corrected chi connectivity index (χ3v) is 5.15. The predicted octanol–water partition coefficient (Wildman–Crippen LogP) is 3.84. The number of amides is 2. The van der Waals surface area contributed by atoms with Gasteiger partial charge in [0.15, 0.2) is 11.6 Å². The second-order valence-electron chi connectivity index (χ2n) is 7.63. The average Bonchev–Trinajstić information content (AvgIpc) is 3.32. The van der Waals surface area contributed by atoms with Crippen molar-refractivity contribution in [3.8, 4) is 16.9 Å². The zero-order valence-electron chi connectivity index (χ0n) is 16.5. The lowest BCUT2D eigenvalue weighted by Gasteiger charge is -2.29. The van der Waals surface area contributed by atoms with Gasteiger partial charge in [-0.05, 0) is 43.7 Å². The molecule has 0 radical (unpaired) electrons. The molecule has 4 rings (SSSR count). The molecule has 1 fully saturated rings. The van der Waals surface area contributed by atoms with E-state index in [1.807, 2.05) is 26.0 Å². The standard InChI is InChI=1S/C21H22FN5O2/c1-21(2)13-26(19-7-5-15(9-23-19)16-10-24-25-11-16)20(28)27(21)12-14-4-6-17(22)18(8-14)29-3/h4-11H,12-13H2,1-3H3,(H,24,25). The highest BCUT2D eigenvalue weighted by Gasteiger charge is 2.44. The molecular weight excluding hydrogens is 373 g/mol. The molecule has 2 aromatic heterocycles. The second-order valence-corrected chi connectivity index (χ2v) is 7.63. The summed E-state index contributed by atoms with van der Waals surface area (Å²) in [5.74, 6) is 0.335. The first-order valence-electron chi connectivity index (χ1n) is 9.26. The molecule has 150 valence electrons. The number of anilines is 1. The van der Waals surface area contributed by atoms with E-state index in [9.17, 15) is 9.18 Å². The highest BCUT2D eigenvalue weighted by Crippen LogP contribution is 2.32. The van der Waals surface area contributed by atoms with E-state index in [2.05, 4.69) is 15.2 Å². The Labute approximate surface area is 168 Å². The summed E-state index contributed by atoms with van der Waals surface area (Å²) >= 11 is 0. The zero-order valence-corrected chi connectivity index (χ0v) is 16.5. The molecule has 1 aliphatic heterocycles. The lowest BCUT2D eigenvalue weighted by molar-refractivity contribution is 0.172. The van der Waals surface area contributed by atoms with Gasteiger partial charge >= 0.3 is 6.03 Å². The van der Waals surface area contributed by atoms with Crippen LogP contribution in [0.2, 0.25) is 0 Å². The van der Waals surface area contributed by atoms with Crippen molar-refractivity contribution in [3.05, 3.63) is 60.3 Å². The summed E-state index contributed by atoms with van der Waals surface area (Å²) in [5, 5.41) is 6.72. The van der Waals surface area contributed by atoms with Gasteiger partial charge in [-0.1, -0.05) is 6.07 Å². The molecule has 1 N–H and O–H groups in total. The normalized spacial score (nSPS) is 15.8. The molecule has 0 unspecified atom stereocenters. The molecule has 1 aromatic carbocycles. The lowest BCUT2D eigenvalue weighted by Crippen LogP contribution is -2.41. The first kappa shape index (κ1) is 18.9. The van der Waals surface area contributed by atoms with E-state index in [0.717, 1.165) is 16.7 Å². The van der Waals surface area contributed by atoms with Crippen molar-refractivity contribution in [3.63, 3.8) is 0 Å². The monoisotopic (exact) mass is 395 g/mol. The molecule has 7 nitrogen and oxygen atoms in total. The van der Waals surface area contributed by atoms with E-state index in [1.54, 1.807) is 40.5 Å². The molecule has 0 aliphatic carbocycles. The Hall–Kier alpha value is -3.42. The molecular formula is C21H22FN5O2. The van der Waals surface area contributed by atoms with Crippen molar-refractivity contribution in [2.24, 2.45) is 0 Å². The van der Waals surface area contributed by atoms with Gasteiger partial charge in [0.25, 0.3) is 0 Å². The zero-order chi connectivity index (χ0) is 20.6. The molecule has 3 aromatic rings. The van der Waals surface area contributed by atoms with Gasteiger partial charge in [0.1, 0.15) is 5.82 Å². The number of methoxy groups -OCH3 is 1. The van der Waals surface area contributed by atoms with Crippen molar-refractivity contribution in [1.29, 1.82) is 0 Å². The van der Waals surface area contributed by atoms with Gasteiger partial charge < -0.3 is 9.64 Å². The number of halogens is 1. The SMILES string of the molecule is COc1cc(CN2C(=O)N(c3ccc(-c4cn[nH]c4)cn3)CC2(C)C)ccc1F. The average molecular weight is 395 g/mol. The number of ether oxygens (including phenoxy) is 1. The number of H-pyrrole nitrogens is 1. The van der Waals surface area contributed by atoms with Crippen LogP contribution in [0.25, 0.3) is 11.1 Å². The molecule has 8 heteroatoms. The van der Waals surface area contributed by atoms with Crippen molar-refractivity contribution >= 4 is 11.8 Å². The van der Waals surface area contributed by atoms with Crippen LogP contribution in [-0.2, 0) is 6.54 Å². The summed E-state index contributed by atoms with van der Waals surface area (Å²) in [7, 11) is 1.42. The summed E-state index contributed by atoms with van der Waals surface area (Å²) in [4.78, 5) is 21.1. The predicted molar refractivity (Wildman–Crippen MR) is 107 cm³/mol. The van der Waals surface area contributed by atoms with Crippen LogP contribution in [0.5, 0.6) is 5.75 Å². The number of carbonyl (C=O) groups is 1. The number of aromatic amines is 1. The number of pyridine rings is 1. The Bertz CT molecular complexity index is 1020. The Kier molecular flexibility index (Phi) is 4.70. The third-order valence-electron chi connectivity index (χ3n) is 5.15. The van der Waals surface area contributed by atoms with Crippen LogP contribution < -0.4 is 9.64 Å². The Morgan fingerprint density at radius 3 is 2.69 bits per heavy atom. The number of nitrogens with zero attached hydrogens (tertiary/aromatic N) is 4. The summed E-state index contributed by atoms with van der Waals surface area (Å²) < 4.78 is 18.8. The molecule has 0 atom stereocenters. The maximum Gasteiger partial charge on any atom is 0.326 e. The van der Waals surface area contributed by atoms with Crippen molar-refractivity contribution in [1.82, 2.24) is 20.1 Å². The maximum atomic E-state index is 13.7. The summed E-state index contributed by atoms with van der Waals surface area (Å²) in [5.41, 5.74) is 2.24. The van der Waals surface area contributed by atoms with Gasteiger partial charge in [0, 0.05) is 30.1 Å². The van der Waals surface area contributed by atoms with E-state index in [1.165, 1.54) is 13.2 Å². The molecule has 0 saturated carbocycles. The highest BCUT2D eigenvalue weighted by molar-refractivity contribution is 5.94. The number of hydrogen-bond donors (Lipinski definition) is 1. The van der Waals surface area contributed by atoms with Gasteiger partial charge in [-0.3, -0.25) is 10.00 Å². The van der Waals surface area contributed by atoms with Crippen LogP contribution in [0.1, 0.15) is 19.4 Å². The van der Waals surface area contributed by atoms with Gasteiger partial charge in [-0.2, -0.15) is 5.10 Å². The Morgan fingerprint density at radius 2 is 2.03 bits per heavy atom. The Morgan fingerprint density at radius 1 is 1.21 bits per heavy atom. The third kappa shape index (κ3) is 3.53. The fourth-order valence-corrected chi connectivity index (χ4v) is 3.52. The van der Waals surface area contributed by atoms with Crippen LogP contribution in [-0.4, -0.2) is 45.3 Å². The molecule has 2 amide bonds. The fraction of sp³-hybridized carbons (Fsp3) is 0.286. The lowest BCUT2D eigenvalue weighted by atomic mass is 10.0. The van der Waals surface area contributed by atoms with Crippen molar-refractivity contribution in [2.45, 2.75) is 25.9 Å². The largest absolute Gasteiger partial charge is 0.494 e. The first-order valence-corrected chi connectivity index (χ1v) is 9.26. The Balaban J connectivity index is 1.56. The minimum Gasteiger partial charge on any atom is -0.494 e. The highest BCUT2D eigenvalue weighted by atomic mass is 19.1. The smallest absolute Gasteiger partial charge is 0.326 e. The summed E-state index contributed by atoms with van der Waals surface area (Å²) in [6.45, 7) is 4.87. The van der Waals surface area contributed by atoms with E-state index >= 15 is 0 Å². The number of nitrogens with one attached hydrogen (secondary N) is 1. The minimum absolute atomic E-state index is 0.137. The number of benzene rings is 1. The van der Waals surface area contributed by atoms with Crippen LogP contribution in [0.15, 0.2) is 48.9 Å². The molecule has 0 spiro atoms. The number of carbonyl (C=O) groups excluding carboxylic acids is 1. The molecule has 1 aliphatic rings. The number of hydrogen-bond acceptors (Lipinski definition) is 4. The van der Waals surface area contributed by atoms with E-state index in [0.29, 0.717) is 18.9 Å². The van der Waals surface area contributed by atoms with E-state index in [4.69, 9.17) is 4.74 Å².